The van der Waals surface area contributed by atoms with E-state index < -0.39 is 10.0 Å². The molecule has 1 fully saturated rings. The van der Waals surface area contributed by atoms with E-state index in [-0.39, 0.29) is 0 Å². The zero-order valence-corrected chi connectivity index (χ0v) is 18.8. The summed E-state index contributed by atoms with van der Waals surface area (Å²) in [5.41, 5.74) is 3.06. The molecule has 0 N–H and O–H groups in total. The van der Waals surface area contributed by atoms with Crippen LogP contribution in [0.3, 0.4) is 0 Å². The van der Waals surface area contributed by atoms with Crippen molar-refractivity contribution in [1.82, 2.24) is 14.3 Å². The maximum atomic E-state index is 13.1. The van der Waals surface area contributed by atoms with E-state index in [1.165, 1.54) is 0 Å². The van der Waals surface area contributed by atoms with Crippen LogP contribution < -0.4 is 4.90 Å². The molecule has 0 amide bonds. The molecule has 1 saturated heterocycles. The zero-order valence-electron chi connectivity index (χ0n) is 18.0. The highest BCUT2D eigenvalue weighted by atomic mass is 32.2. The van der Waals surface area contributed by atoms with E-state index in [1.54, 1.807) is 22.8 Å². The lowest BCUT2D eigenvalue weighted by Crippen LogP contribution is -2.48. The Balaban J connectivity index is 1.44. The van der Waals surface area contributed by atoms with Gasteiger partial charge < -0.3 is 4.90 Å². The number of hydrogen-bond donors (Lipinski definition) is 0. The number of anilines is 1. The van der Waals surface area contributed by atoms with E-state index in [1.807, 2.05) is 48.5 Å². The number of aromatic nitrogens is 2. The molecule has 7 heteroatoms. The normalized spacial score (nSPS) is 15.4. The van der Waals surface area contributed by atoms with Crippen LogP contribution in [0.1, 0.15) is 19.4 Å². The number of piperazine rings is 1. The summed E-state index contributed by atoms with van der Waals surface area (Å²) >= 11 is 0. The molecule has 0 aliphatic carbocycles. The van der Waals surface area contributed by atoms with Gasteiger partial charge in [-0.1, -0.05) is 56.3 Å². The third-order valence-electron chi connectivity index (χ3n) is 5.49. The highest BCUT2D eigenvalue weighted by molar-refractivity contribution is 7.89. The van der Waals surface area contributed by atoms with Gasteiger partial charge in [-0.05, 0) is 30.0 Å². The van der Waals surface area contributed by atoms with Gasteiger partial charge in [-0.15, -0.1) is 0 Å². The molecule has 0 spiro atoms. The Morgan fingerprint density at radius 3 is 2.23 bits per heavy atom. The molecule has 1 aromatic heterocycles. The predicted octanol–water partition coefficient (Wildman–Crippen LogP) is 3.85. The van der Waals surface area contributed by atoms with Crippen molar-refractivity contribution in [2.24, 2.45) is 5.92 Å². The second kappa shape index (κ2) is 9.16. The maximum Gasteiger partial charge on any atom is 0.243 e. The van der Waals surface area contributed by atoms with Crippen molar-refractivity contribution in [1.29, 1.82) is 0 Å². The number of sulfonamides is 1. The van der Waals surface area contributed by atoms with E-state index in [4.69, 9.17) is 0 Å². The van der Waals surface area contributed by atoms with Crippen molar-refractivity contribution < 1.29 is 8.42 Å². The molecule has 1 aliphatic rings. The van der Waals surface area contributed by atoms with Crippen molar-refractivity contribution in [2.75, 3.05) is 31.1 Å². The largest absolute Gasteiger partial charge is 0.354 e. The molecule has 0 saturated carbocycles. The minimum Gasteiger partial charge on any atom is -0.354 e. The van der Waals surface area contributed by atoms with Gasteiger partial charge in [0.25, 0.3) is 0 Å². The lowest BCUT2D eigenvalue weighted by molar-refractivity contribution is 0.384. The minimum atomic E-state index is -3.49. The molecular weight excluding hydrogens is 408 g/mol. The summed E-state index contributed by atoms with van der Waals surface area (Å²) in [5, 5.41) is 0. The van der Waals surface area contributed by atoms with Crippen molar-refractivity contribution in [2.45, 2.75) is 25.2 Å². The van der Waals surface area contributed by atoms with E-state index in [0.29, 0.717) is 37.0 Å². The number of benzene rings is 2. The van der Waals surface area contributed by atoms with Gasteiger partial charge >= 0.3 is 0 Å². The molecule has 4 rings (SSSR count). The highest BCUT2D eigenvalue weighted by Crippen LogP contribution is 2.24. The van der Waals surface area contributed by atoms with Gasteiger partial charge in [0.2, 0.25) is 10.0 Å². The van der Waals surface area contributed by atoms with Crippen LogP contribution in [0.4, 0.5) is 5.82 Å². The maximum absolute atomic E-state index is 13.1. The van der Waals surface area contributed by atoms with Crippen LogP contribution in [0, 0.1) is 5.92 Å². The summed E-state index contributed by atoms with van der Waals surface area (Å²) in [6.07, 6.45) is 2.52. The van der Waals surface area contributed by atoms with Crippen molar-refractivity contribution in [3.63, 3.8) is 0 Å². The third-order valence-corrected chi connectivity index (χ3v) is 7.40. The summed E-state index contributed by atoms with van der Waals surface area (Å²) in [6.45, 7) is 6.36. The number of hydrogen-bond acceptors (Lipinski definition) is 5. The predicted molar refractivity (Wildman–Crippen MR) is 123 cm³/mol. The highest BCUT2D eigenvalue weighted by Gasteiger charge is 2.29. The first kappa shape index (κ1) is 21.5. The first-order valence-electron chi connectivity index (χ1n) is 10.6. The molecule has 3 aromatic rings. The summed E-state index contributed by atoms with van der Waals surface area (Å²) in [7, 11) is -3.49. The van der Waals surface area contributed by atoms with Gasteiger partial charge in [-0.3, -0.25) is 0 Å². The molecule has 6 nitrogen and oxygen atoms in total. The Morgan fingerprint density at radius 1 is 0.903 bits per heavy atom. The molecule has 0 radical (unpaired) electrons. The average molecular weight is 437 g/mol. The van der Waals surface area contributed by atoms with Gasteiger partial charge in [0.1, 0.15) is 12.1 Å². The molecule has 1 aliphatic heterocycles. The fourth-order valence-corrected chi connectivity index (χ4v) is 5.28. The smallest absolute Gasteiger partial charge is 0.243 e. The van der Waals surface area contributed by atoms with Crippen LogP contribution in [-0.2, 0) is 16.4 Å². The first-order chi connectivity index (χ1) is 14.9. The number of rotatable bonds is 6. The van der Waals surface area contributed by atoms with Gasteiger partial charge in [0.05, 0.1) is 10.6 Å². The minimum absolute atomic E-state index is 0.363. The molecule has 162 valence electrons. The van der Waals surface area contributed by atoms with Crippen molar-refractivity contribution >= 4 is 15.8 Å². The molecular formula is C24H28N4O2S. The zero-order chi connectivity index (χ0) is 21.8. The number of nitrogens with zero attached hydrogens (tertiary/aromatic N) is 4. The Hall–Kier alpha value is -2.77. The fourth-order valence-electron chi connectivity index (χ4n) is 3.86. The van der Waals surface area contributed by atoms with Crippen LogP contribution in [0.2, 0.25) is 0 Å². The quantitative estimate of drug-likeness (QED) is 0.587. The van der Waals surface area contributed by atoms with Crippen molar-refractivity contribution in [3.8, 4) is 11.3 Å². The second-order valence-corrected chi connectivity index (χ2v) is 10.2. The standard InChI is InChI=1S/C24H28N4O2S/c1-19(2)16-20-8-10-22(11-9-20)31(29,30)28-14-12-27(13-15-28)24-17-23(25-18-26-24)21-6-4-3-5-7-21/h3-11,17-19H,12-16H2,1-2H3. The third kappa shape index (κ3) is 4.94. The monoisotopic (exact) mass is 436 g/mol. The Kier molecular flexibility index (Phi) is 6.34. The van der Waals surface area contributed by atoms with Crippen LogP contribution in [0.15, 0.2) is 71.9 Å². The first-order valence-corrected chi connectivity index (χ1v) is 12.1. The molecule has 0 unspecified atom stereocenters. The molecule has 2 heterocycles. The van der Waals surface area contributed by atoms with Gasteiger partial charge in [0.15, 0.2) is 0 Å². The summed E-state index contributed by atoms with van der Waals surface area (Å²) in [5.74, 6) is 1.36. The van der Waals surface area contributed by atoms with Gasteiger partial charge in [0, 0.05) is 37.8 Å². The molecule has 2 aromatic carbocycles. The summed E-state index contributed by atoms with van der Waals surface area (Å²) in [6, 6.07) is 19.3. The van der Waals surface area contributed by atoms with Gasteiger partial charge in [-0.2, -0.15) is 4.31 Å². The molecule has 31 heavy (non-hydrogen) atoms. The van der Waals surface area contributed by atoms with E-state index in [9.17, 15) is 8.42 Å². The topological polar surface area (TPSA) is 66.4 Å². The van der Waals surface area contributed by atoms with E-state index in [2.05, 4.69) is 28.7 Å². The van der Waals surface area contributed by atoms with E-state index >= 15 is 0 Å². The second-order valence-electron chi connectivity index (χ2n) is 8.26. The van der Waals surface area contributed by atoms with Crippen LogP contribution in [0.25, 0.3) is 11.3 Å². The Bertz CT molecular complexity index is 1110. The van der Waals surface area contributed by atoms with Crippen molar-refractivity contribution in [3.05, 3.63) is 72.6 Å². The van der Waals surface area contributed by atoms with Crippen LogP contribution in [-0.4, -0.2) is 48.9 Å². The van der Waals surface area contributed by atoms with Crippen LogP contribution >= 0.6 is 0 Å². The molecule has 0 atom stereocenters. The molecule has 0 bridgehead atoms. The SMILES string of the molecule is CC(C)Cc1ccc(S(=O)(=O)N2CCN(c3cc(-c4ccccc4)ncn3)CC2)cc1. The Labute approximate surface area is 184 Å². The lowest BCUT2D eigenvalue weighted by atomic mass is 10.0. The summed E-state index contributed by atoms with van der Waals surface area (Å²) < 4.78 is 27.7. The van der Waals surface area contributed by atoms with E-state index in [0.717, 1.165) is 29.1 Å². The average Bonchev–Trinajstić information content (AvgIpc) is 2.80. The Morgan fingerprint density at radius 2 is 1.58 bits per heavy atom. The summed E-state index contributed by atoms with van der Waals surface area (Å²) in [4.78, 5) is 11.3. The van der Waals surface area contributed by atoms with Crippen LogP contribution in [0.5, 0.6) is 0 Å². The van der Waals surface area contributed by atoms with Gasteiger partial charge in [-0.25, -0.2) is 18.4 Å². The fraction of sp³-hybridized carbons (Fsp3) is 0.333. The lowest BCUT2D eigenvalue weighted by Gasteiger charge is -2.34.